The van der Waals surface area contributed by atoms with Crippen LogP contribution in [0.4, 0.5) is 8.78 Å². The summed E-state index contributed by atoms with van der Waals surface area (Å²) in [5, 5.41) is 6.33. The predicted molar refractivity (Wildman–Crippen MR) is 85.1 cm³/mol. The minimum absolute atomic E-state index is 0.0382. The van der Waals surface area contributed by atoms with Gasteiger partial charge >= 0.3 is 6.55 Å². The molecule has 0 radical (unpaired) electrons. The van der Waals surface area contributed by atoms with E-state index >= 15 is 0 Å². The third-order valence-corrected chi connectivity index (χ3v) is 3.66. The second-order valence-electron chi connectivity index (χ2n) is 5.34. The van der Waals surface area contributed by atoms with Crippen molar-refractivity contribution in [2.24, 2.45) is 0 Å². The van der Waals surface area contributed by atoms with Crippen LogP contribution in [-0.4, -0.2) is 20.3 Å². The highest BCUT2D eigenvalue weighted by atomic mass is 19.3. The van der Waals surface area contributed by atoms with Crippen molar-refractivity contribution in [2.75, 3.05) is 0 Å². The van der Waals surface area contributed by atoms with Crippen molar-refractivity contribution in [1.82, 2.24) is 19.7 Å². The van der Waals surface area contributed by atoms with Crippen molar-refractivity contribution in [3.8, 4) is 5.69 Å². The Balaban J connectivity index is 1.73. The lowest BCUT2D eigenvalue weighted by atomic mass is 10.1. The largest absolute Gasteiger partial charge is 0.344 e. The quantitative estimate of drug-likeness (QED) is 0.778. The van der Waals surface area contributed by atoms with Crippen molar-refractivity contribution >= 4 is 5.91 Å². The van der Waals surface area contributed by atoms with E-state index in [1.807, 2.05) is 60.3 Å². The minimum atomic E-state index is -2.76. The average molecular weight is 330 g/mol. The third kappa shape index (κ3) is 3.34. The molecule has 1 aromatic carbocycles. The van der Waals surface area contributed by atoms with E-state index < -0.39 is 12.5 Å². The maximum atomic E-state index is 12.5. The summed E-state index contributed by atoms with van der Waals surface area (Å²) in [6.07, 6.45) is 4.94. The van der Waals surface area contributed by atoms with Gasteiger partial charge in [-0.2, -0.15) is 13.9 Å². The van der Waals surface area contributed by atoms with Gasteiger partial charge in [0.15, 0.2) is 0 Å². The van der Waals surface area contributed by atoms with Crippen molar-refractivity contribution in [2.45, 2.75) is 19.5 Å². The van der Waals surface area contributed by atoms with Crippen LogP contribution in [0.1, 0.15) is 35.6 Å². The molecule has 1 amide bonds. The lowest BCUT2D eigenvalue weighted by molar-refractivity contribution is 0.0559. The van der Waals surface area contributed by atoms with E-state index in [4.69, 9.17) is 0 Å². The second kappa shape index (κ2) is 6.66. The number of aromatic nitrogens is 3. The summed E-state index contributed by atoms with van der Waals surface area (Å²) >= 11 is 0. The number of nitrogens with one attached hydrogen (secondary N) is 1. The van der Waals surface area contributed by atoms with Gasteiger partial charge in [-0.05, 0) is 42.8 Å². The number of carbonyl (C=O) groups is 1. The zero-order valence-corrected chi connectivity index (χ0v) is 12.9. The molecule has 3 rings (SSSR count). The normalized spacial score (nSPS) is 12.3. The summed E-state index contributed by atoms with van der Waals surface area (Å²) in [6.45, 7) is -0.932. The fourth-order valence-electron chi connectivity index (χ4n) is 2.38. The smallest absolute Gasteiger partial charge is 0.333 e. The highest BCUT2D eigenvalue weighted by molar-refractivity contribution is 5.92. The molecule has 0 aliphatic heterocycles. The summed E-state index contributed by atoms with van der Waals surface area (Å²) < 4.78 is 27.4. The van der Waals surface area contributed by atoms with E-state index in [0.29, 0.717) is 4.68 Å². The zero-order valence-electron chi connectivity index (χ0n) is 12.9. The van der Waals surface area contributed by atoms with E-state index in [-0.39, 0.29) is 11.7 Å². The first-order valence-electron chi connectivity index (χ1n) is 7.42. The van der Waals surface area contributed by atoms with Crippen LogP contribution in [0, 0.1) is 0 Å². The van der Waals surface area contributed by atoms with Crippen molar-refractivity contribution in [1.29, 1.82) is 0 Å². The van der Waals surface area contributed by atoms with Crippen LogP contribution in [-0.2, 0) is 0 Å². The number of amides is 1. The Morgan fingerprint density at radius 3 is 2.54 bits per heavy atom. The van der Waals surface area contributed by atoms with Gasteiger partial charge in [-0.15, -0.1) is 0 Å². The average Bonchev–Trinajstić information content (AvgIpc) is 3.26. The SMILES string of the molecule is C[C@H](NC(=O)c1ccn(C(F)F)n1)c1cccc(-n2cccc2)c1. The topological polar surface area (TPSA) is 51.9 Å². The molecule has 0 aliphatic carbocycles. The van der Waals surface area contributed by atoms with Gasteiger partial charge < -0.3 is 9.88 Å². The van der Waals surface area contributed by atoms with Crippen LogP contribution in [0.2, 0.25) is 0 Å². The van der Waals surface area contributed by atoms with Crippen LogP contribution < -0.4 is 5.32 Å². The van der Waals surface area contributed by atoms with Crippen LogP contribution in [0.3, 0.4) is 0 Å². The van der Waals surface area contributed by atoms with E-state index in [2.05, 4.69) is 10.4 Å². The van der Waals surface area contributed by atoms with Gasteiger partial charge in [0.25, 0.3) is 5.91 Å². The second-order valence-corrected chi connectivity index (χ2v) is 5.34. The van der Waals surface area contributed by atoms with E-state index in [0.717, 1.165) is 17.4 Å². The molecular weight excluding hydrogens is 314 g/mol. The lowest BCUT2D eigenvalue weighted by Crippen LogP contribution is -2.27. The summed E-state index contributed by atoms with van der Waals surface area (Å²) in [7, 11) is 0. The molecule has 24 heavy (non-hydrogen) atoms. The number of nitrogens with zero attached hydrogens (tertiary/aromatic N) is 3. The molecular formula is C17H16F2N4O. The number of rotatable bonds is 5. The minimum Gasteiger partial charge on any atom is -0.344 e. The van der Waals surface area contributed by atoms with E-state index in [9.17, 15) is 13.6 Å². The molecule has 124 valence electrons. The van der Waals surface area contributed by atoms with Crippen molar-refractivity contribution < 1.29 is 13.6 Å². The Bertz CT molecular complexity index is 827. The van der Waals surface area contributed by atoms with Crippen LogP contribution in [0.25, 0.3) is 5.69 Å². The molecule has 0 saturated heterocycles. The molecule has 0 unspecified atom stereocenters. The molecule has 2 aromatic heterocycles. The summed E-state index contributed by atoms with van der Waals surface area (Å²) in [4.78, 5) is 12.1. The molecule has 0 saturated carbocycles. The molecule has 0 aliphatic rings. The third-order valence-electron chi connectivity index (χ3n) is 3.66. The molecule has 0 fully saturated rings. The number of alkyl halides is 2. The number of carbonyl (C=O) groups excluding carboxylic acids is 1. The maximum absolute atomic E-state index is 12.5. The Morgan fingerprint density at radius 2 is 1.88 bits per heavy atom. The Kier molecular flexibility index (Phi) is 4.41. The standard InChI is InChI=1S/C17H16F2N4O/c1-12(20-16(24)15-7-10-23(21-15)17(18)19)13-5-4-6-14(11-13)22-8-2-3-9-22/h2-12,17H,1H3,(H,20,24)/t12-/m0/s1. The first kappa shape index (κ1) is 15.9. The maximum Gasteiger partial charge on any atom is 0.333 e. The number of halogens is 2. The predicted octanol–water partition coefficient (Wildman–Crippen LogP) is 3.56. The fourth-order valence-corrected chi connectivity index (χ4v) is 2.38. The van der Waals surface area contributed by atoms with Gasteiger partial charge in [0.05, 0.1) is 6.04 Å². The monoisotopic (exact) mass is 330 g/mol. The Labute approximate surface area is 137 Å². The Morgan fingerprint density at radius 1 is 1.12 bits per heavy atom. The van der Waals surface area contributed by atoms with Gasteiger partial charge in [-0.1, -0.05) is 12.1 Å². The van der Waals surface area contributed by atoms with Crippen LogP contribution in [0.15, 0.2) is 61.1 Å². The first-order chi connectivity index (χ1) is 11.5. The molecule has 0 spiro atoms. The molecule has 0 bridgehead atoms. The Hall–Kier alpha value is -2.96. The van der Waals surface area contributed by atoms with Crippen LogP contribution in [0.5, 0.6) is 0 Å². The van der Waals surface area contributed by atoms with E-state index in [1.54, 1.807) is 0 Å². The summed E-state index contributed by atoms with van der Waals surface area (Å²) in [5.74, 6) is -0.492. The molecule has 2 heterocycles. The molecule has 1 N–H and O–H groups in total. The number of hydrogen-bond acceptors (Lipinski definition) is 2. The van der Waals surface area contributed by atoms with Gasteiger partial charge in [-0.25, -0.2) is 4.68 Å². The fraction of sp³-hybridized carbons (Fsp3) is 0.176. The summed E-state index contributed by atoms with van der Waals surface area (Å²) in [5.41, 5.74) is 1.84. The molecule has 1 atom stereocenters. The van der Waals surface area contributed by atoms with Gasteiger partial charge in [0, 0.05) is 24.3 Å². The molecule has 7 heteroatoms. The van der Waals surface area contributed by atoms with Gasteiger partial charge in [0.2, 0.25) is 0 Å². The summed E-state index contributed by atoms with van der Waals surface area (Å²) in [6, 6.07) is 12.6. The van der Waals surface area contributed by atoms with E-state index in [1.165, 1.54) is 6.07 Å². The van der Waals surface area contributed by atoms with Crippen LogP contribution >= 0.6 is 0 Å². The van der Waals surface area contributed by atoms with Crippen molar-refractivity contribution in [3.63, 3.8) is 0 Å². The number of benzene rings is 1. The zero-order chi connectivity index (χ0) is 17.1. The highest BCUT2D eigenvalue weighted by Gasteiger charge is 2.16. The molecule has 5 nitrogen and oxygen atoms in total. The van der Waals surface area contributed by atoms with Gasteiger partial charge in [-0.3, -0.25) is 4.79 Å². The molecule has 3 aromatic rings. The lowest BCUT2D eigenvalue weighted by Gasteiger charge is -2.15. The van der Waals surface area contributed by atoms with Crippen molar-refractivity contribution in [3.05, 3.63) is 72.3 Å². The first-order valence-corrected chi connectivity index (χ1v) is 7.42. The highest BCUT2D eigenvalue weighted by Crippen LogP contribution is 2.18. The number of hydrogen-bond donors (Lipinski definition) is 1. The van der Waals surface area contributed by atoms with Gasteiger partial charge in [0.1, 0.15) is 5.69 Å².